The second-order valence-electron chi connectivity index (χ2n) is 21.6. The molecule has 6 aromatic carbocycles. The molecule has 0 saturated heterocycles. The van der Waals surface area contributed by atoms with Crippen molar-refractivity contribution in [1.29, 1.82) is 0 Å². The third kappa shape index (κ3) is 22.7. The number of hydrogen-bond donors (Lipinski definition) is 12. The number of urea groups is 6. The Balaban J connectivity index is 0.000000184. The Hall–Kier alpha value is -9.06. The molecule has 3 saturated carbocycles. The largest absolute Gasteiger partial charge is 0.341 e. The monoisotopic (exact) mass is 1140 g/mol. The number of benzene rings is 6. The number of rotatable bonds is 15. The highest BCUT2D eigenvalue weighted by Gasteiger charge is 2.18. The van der Waals surface area contributed by atoms with Gasteiger partial charge in [-0.2, -0.15) is 0 Å². The zero-order chi connectivity index (χ0) is 59.3. The summed E-state index contributed by atoms with van der Waals surface area (Å²) in [6.45, 7) is 0. The zero-order valence-corrected chi connectivity index (χ0v) is 48.8. The van der Waals surface area contributed by atoms with Crippen LogP contribution in [0, 0.1) is 0 Å². The van der Waals surface area contributed by atoms with E-state index < -0.39 is 0 Å². The molecular weight excluding hydrogens is 1060 g/mol. The van der Waals surface area contributed by atoms with E-state index in [1.807, 2.05) is 146 Å². The van der Waals surface area contributed by atoms with E-state index in [4.69, 9.17) is 0 Å². The Morgan fingerprint density at radius 2 is 0.429 bits per heavy atom. The van der Waals surface area contributed by atoms with Gasteiger partial charge in [-0.05, 0) is 164 Å². The Bertz CT molecular complexity index is 2860. The summed E-state index contributed by atoms with van der Waals surface area (Å²) in [5.74, 6) is 0. The van der Waals surface area contributed by atoms with Crippen LogP contribution in [0.25, 0.3) is 0 Å². The van der Waals surface area contributed by atoms with Crippen LogP contribution in [0.4, 0.5) is 62.9 Å². The molecule has 3 fully saturated rings. The van der Waals surface area contributed by atoms with E-state index in [0.29, 0.717) is 18.1 Å². The summed E-state index contributed by atoms with van der Waals surface area (Å²) in [7, 11) is 4.74. The molecule has 84 heavy (non-hydrogen) atoms. The van der Waals surface area contributed by atoms with Gasteiger partial charge < -0.3 is 63.8 Å². The lowest BCUT2D eigenvalue weighted by Crippen LogP contribution is -2.39. The van der Waals surface area contributed by atoms with Crippen LogP contribution in [-0.4, -0.2) is 75.5 Å². The first-order chi connectivity index (χ1) is 40.9. The Morgan fingerprint density at radius 1 is 0.262 bits per heavy atom. The molecule has 3 aliphatic rings. The molecule has 18 nitrogen and oxygen atoms in total. The van der Waals surface area contributed by atoms with Crippen LogP contribution in [0.1, 0.15) is 130 Å². The van der Waals surface area contributed by atoms with Crippen molar-refractivity contribution in [3.05, 3.63) is 179 Å². The predicted molar refractivity (Wildman–Crippen MR) is 338 cm³/mol. The van der Waals surface area contributed by atoms with Gasteiger partial charge in [-0.3, -0.25) is 0 Å². The van der Waals surface area contributed by atoms with E-state index in [-0.39, 0.29) is 36.2 Å². The fraction of sp³-hybridized carbons (Fsp3) is 0.364. The van der Waals surface area contributed by atoms with Gasteiger partial charge in [0.15, 0.2) is 0 Å². The van der Waals surface area contributed by atoms with Gasteiger partial charge in [0.25, 0.3) is 0 Å². The van der Waals surface area contributed by atoms with Gasteiger partial charge in [0.2, 0.25) is 0 Å². The lowest BCUT2D eigenvalue weighted by molar-refractivity contribution is 0.243. The minimum Gasteiger partial charge on any atom is -0.341 e. The minimum absolute atomic E-state index is 0.120. The van der Waals surface area contributed by atoms with Crippen LogP contribution in [0.2, 0.25) is 0 Å². The van der Waals surface area contributed by atoms with E-state index in [1.165, 1.54) is 68.9 Å². The summed E-state index contributed by atoms with van der Waals surface area (Å²) in [5.41, 5.74) is 11.6. The second kappa shape index (κ2) is 33.8. The maximum atomic E-state index is 12.2. The van der Waals surface area contributed by atoms with Gasteiger partial charge in [0, 0.05) is 73.4 Å². The maximum Gasteiger partial charge on any atom is 0.319 e. The van der Waals surface area contributed by atoms with Crippen LogP contribution in [0.3, 0.4) is 0 Å². The Labute approximate surface area is 494 Å². The third-order valence-electron chi connectivity index (χ3n) is 15.0. The quantitative estimate of drug-likeness (QED) is 0.0476. The lowest BCUT2D eigenvalue weighted by atomic mass is 9.96. The highest BCUT2D eigenvalue weighted by atomic mass is 16.2. The first kappa shape index (κ1) is 62.5. The van der Waals surface area contributed by atoms with Gasteiger partial charge in [0.05, 0.1) is 0 Å². The number of hydrogen-bond acceptors (Lipinski definition) is 6. The molecule has 0 aliphatic heterocycles. The summed E-state index contributed by atoms with van der Waals surface area (Å²) >= 11 is 0. The number of nitrogens with one attached hydrogen (secondary N) is 12. The van der Waals surface area contributed by atoms with E-state index in [0.717, 1.165) is 114 Å². The fourth-order valence-corrected chi connectivity index (χ4v) is 10.3. The van der Waals surface area contributed by atoms with E-state index in [1.54, 1.807) is 21.1 Å². The molecule has 3 aliphatic carbocycles. The van der Waals surface area contributed by atoms with Crippen molar-refractivity contribution >= 4 is 70.3 Å². The average Bonchev–Trinajstić information content (AvgIpc) is 3.69. The van der Waals surface area contributed by atoms with Crippen molar-refractivity contribution in [1.82, 2.24) is 31.9 Å². The van der Waals surface area contributed by atoms with E-state index in [9.17, 15) is 28.8 Å². The van der Waals surface area contributed by atoms with Gasteiger partial charge in [-0.15, -0.1) is 0 Å². The standard InChI is InChI=1S/C27H36N4O2.C22H28N4O2.C17H20N4O2/c32-26(28-22-7-3-1-4-8-22)30-24-15-11-20(12-16-24)19-21-13-17-25(18-14-21)31-27(33)29-23-9-5-2-6-10-23;1-23-21(27)24-19-11-7-16(8-12-19)15-17-9-13-20(14-10-17)26-22(28)25-18-5-3-2-4-6-18;1-18-16(22)20-14-7-3-12(4-8-14)11-13-5-9-15(10-6-13)21-17(23)19-2/h11-18,22-23H,1-10,19H2,(H2,28,30,32)(H2,29,31,33);7-14,18H,2-6,15H2,1H3,(H2,23,24,27)(H2,25,26,28);3-10H,11H2,1-2H3,(H2,18,20,22)(H2,19,21,23). The molecule has 0 aromatic heterocycles. The number of carbonyl (C=O) groups excluding carboxylic acids is 6. The van der Waals surface area contributed by atoms with Crippen molar-refractivity contribution in [2.45, 2.75) is 134 Å². The van der Waals surface area contributed by atoms with E-state index in [2.05, 4.69) is 63.8 Å². The molecule has 444 valence electrons. The molecule has 0 spiro atoms. The smallest absolute Gasteiger partial charge is 0.319 e. The van der Waals surface area contributed by atoms with Crippen molar-refractivity contribution in [3.8, 4) is 0 Å². The predicted octanol–water partition coefficient (Wildman–Crippen LogP) is 13.4. The van der Waals surface area contributed by atoms with Crippen LogP contribution >= 0.6 is 0 Å². The summed E-state index contributed by atoms with van der Waals surface area (Å²) in [6, 6.07) is 46.8. The maximum absolute atomic E-state index is 12.2. The average molecular weight is 1140 g/mol. The zero-order valence-electron chi connectivity index (χ0n) is 48.8. The molecule has 0 radical (unpaired) electrons. The van der Waals surface area contributed by atoms with Gasteiger partial charge >= 0.3 is 36.2 Å². The number of anilines is 6. The Morgan fingerprint density at radius 3 is 0.595 bits per heavy atom. The highest BCUT2D eigenvalue weighted by molar-refractivity contribution is 5.92. The molecule has 18 heteroatoms. The number of amides is 12. The molecule has 12 N–H and O–H groups in total. The van der Waals surface area contributed by atoms with Crippen molar-refractivity contribution in [2.75, 3.05) is 53.0 Å². The first-order valence-corrected chi connectivity index (χ1v) is 29.6. The molecule has 0 atom stereocenters. The summed E-state index contributed by atoms with van der Waals surface area (Å²) in [4.78, 5) is 70.4. The van der Waals surface area contributed by atoms with Crippen LogP contribution in [0.5, 0.6) is 0 Å². The Kier molecular flexibility index (Phi) is 25.1. The number of carbonyl (C=O) groups is 6. The van der Waals surface area contributed by atoms with E-state index >= 15 is 0 Å². The lowest BCUT2D eigenvalue weighted by Gasteiger charge is -2.22. The topological polar surface area (TPSA) is 247 Å². The van der Waals surface area contributed by atoms with Crippen LogP contribution in [-0.2, 0) is 19.3 Å². The second-order valence-corrected chi connectivity index (χ2v) is 21.6. The molecule has 9 rings (SSSR count). The molecule has 12 amide bonds. The molecular formula is C66H84N12O6. The van der Waals surface area contributed by atoms with Gasteiger partial charge in [-0.1, -0.05) is 131 Å². The third-order valence-corrected chi connectivity index (χ3v) is 15.0. The van der Waals surface area contributed by atoms with Crippen molar-refractivity contribution < 1.29 is 28.8 Å². The minimum atomic E-state index is -0.239. The fourth-order valence-electron chi connectivity index (χ4n) is 10.3. The molecule has 0 heterocycles. The normalized spacial score (nSPS) is 14.2. The summed E-state index contributed by atoms with van der Waals surface area (Å²) in [5, 5.41) is 33.7. The van der Waals surface area contributed by atoms with Crippen LogP contribution < -0.4 is 63.8 Å². The highest BCUT2D eigenvalue weighted by Crippen LogP contribution is 2.23. The first-order valence-electron chi connectivity index (χ1n) is 29.6. The van der Waals surface area contributed by atoms with Gasteiger partial charge in [0.1, 0.15) is 0 Å². The van der Waals surface area contributed by atoms with Crippen molar-refractivity contribution in [3.63, 3.8) is 0 Å². The summed E-state index contributed by atoms with van der Waals surface area (Å²) < 4.78 is 0. The van der Waals surface area contributed by atoms with Gasteiger partial charge in [-0.25, -0.2) is 28.8 Å². The molecule has 6 aromatic rings. The summed E-state index contributed by atoms with van der Waals surface area (Å²) in [6.07, 6.45) is 19.8. The molecule has 0 bridgehead atoms. The van der Waals surface area contributed by atoms with Crippen LogP contribution in [0.15, 0.2) is 146 Å². The van der Waals surface area contributed by atoms with Crippen molar-refractivity contribution in [2.24, 2.45) is 0 Å². The molecule has 0 unspecified atom stereocenters. The SMILES string of the molecule is CNC(=O)Nc1ccc(Cc2ccc(NC(=O)NC)cc2)cc1.CNC(=O)Nc1ccc(Cc2ccc(NC(=O)NC3CCCCC3)cc2)cc1.O=C(Nc1ccc(Cc2ccc(NC(=O)NC3CCCCC3)cc2)cc1)NC1CCCCC1.